The summed E-state index contributed by atoms with van der Waals surface area (Å²) in [4.78, 5) is 36.2. The highest BCUT2D eigenvalue weighted by Crippen LogP contribution is 2.46. The number of piperazine rings is 1. The zero-order chi connectivity index (χ0) is 28.2. The third-order valence-electron chi connectivity index (χ3n) is 7.86. The Kier molecular flexibility index (Phi) is 7.95. The largest absolute Gasteiger partial charge is 0.349 e. The molecule has 0 radical (unpaired) electrons. The Labute approximate surface area is 239 Å². The predicted octanol–water partition coefficient (Wildman–Crippen LogP) is 4.39. The summed E-state index contributed by atoms with van der Waals surface area (Å²) in [6, 6.07) is 16.3. The Hall–Kier alpha value is -4.24. The average Bonchev–Trinajstić information content (AvgIpc) is 3.78. The second kappa shape index (κ2) is 12.1. The summed E-state index contributed by atoms with van der Waals surface area (Å²) < 4.78 is 14.9. The number of halogens is 1. The molecule has 4 aromatic rings. The monoisotopic (exact) mass is 551 g/mol. The third-order valence-corrected chi connectivity index (χ3v) is 7.86. The molecule has 9 heteroatoms. The van der Waals surface area contributed by atoms with Gasteiger partial charge in [-0.15, -0.1) is 0 Å². The van der Waals surface area contributed by atoms with Crippen molar-refractivity contribution in [1.82, 2.24) is 24.4 Å². The molecule has 2 aromatic carbocycles. The van der Waals surface area contributed by atoms with Crippen LogP contribution < -0.4 is 10.5 Å². The highest BCUT2D eigenvalue weighted by Gasteiger charge is 2.36. The Morgan fingerprint density at radius 2 is 1.73 bits per heavy atom. The van der Waals surface area contributed by atoms with Crippen LogP contribution in [0.2, 0.25) is 0 Å². The summed E-state index contributed by atoms with van der Waals surface area (Å²) >= 11 is 0. The van der Waals surface area contributed by atoms with Gasteiger partial charge >= 0.3 is 0 Å². The molecule has 8 nitrogen and oxygen atoms in total. The molecule has 1 aliphatic heterocycles. The van der Waals surface area contributed by atoms with Crippen molar-refractivity contribution in [2.24, 2.45) is 10.9 Å². The van der Waals surface area contributed by atoms with Gasteiger partial charge in [-0.2, -0.15) is 0 Å². The van der Waals surface area contributed by atoms with Gasteiger partial charge in [0.15, 0.2) is 11.6 Å². The Morgan fingerprint density at radius 3 is 2.46 bits per heavy atom. The van der Waals surface area contributed by atoms with E-state index in [-0.39, 0.29) is 11.4 Å². The van der Waals surface area contributed by atoms with Crippen LogP contribution in [0, 0.1) is 11.7 Å². The maximum absolute atomic E-state index is 13.7. The number of hydrogen-bond donors (Lipinski definition) is 0. The first-order valence-electron chi connectivity index (χ1n) is 14.2. The zero-order valence-corrected chi connectivity index (χ0v) is 23.2. The lowest BCUT2D eigenvalue weighted by Gasteiger charge is -2.33. The molecule has 210 valence electrons. The van der Waals surface area contributed by atoms with E-state index >= 15 is 0 Å². The van der Waals surface area contributed by atoms with Crippen molar-refractivity contribution < 1.29 is 4.39 Å². The van der Waals surface area contributed by atoms with Gasteiger partial charge in [-0.25, -0.2) is 19.3 Å². The molecule has 3 heterocycles. The van der Waals surface area contributed by atoms with Crippen LogP contribution in [0.4, 0.5) is 10.2 Å². The molecule has 1 saturated carbocycles. The molecule has 1 unspecified atom stereocenters. The lowest BCUT2D eigenvalue weighted by molar-refractivity contribution is 0.311. The van der Waals surface area contributed by atoms with Crippen LogP contribution in [-0.2, 0) is 6.42 Å². The fourth-order valence-electron chi connectivity index (χ4n) is 5.32. The number of likely N-dealkylation sites (N-methyl/N-ethyl adjacent to an activating group) is 1. The van der Waals surface area contributed by atoms with E-state index < -0.39 is 0 Å². The van der Waals surface area contributed by atoms with Crippen molar-refractivity contribution in [2.45, 2.75) is 25.2 Å². The van der Waals surface area contributed by atoms with E-state index in [1.54, 1.807) is 23.0 Å². The van der Waals surface area contributed by atoms with E-state index in [1.807, 2.05) is 42.6 Å². The van der Waals surface area contributed by atoms with Crippen LogP contribution in [0.25, 0.3) is 17.1 Å². The van der Waals surface area contributed by atoms with Gasteiger partial charge in [0.05, 0.1) is 5.69 Å². The van der Waals surface area contributed by atoms with E-state index in [9.17, 15) is 9.18 Å². The molecule has 2 aromatic heterocycles. The molecule has 0 spiro atoms. The first-order chi connectivity index (χ1) is 20.0. The molecular weight excluding hydrogens is 517 g/mol. The van der Waals surface area contributed by atoms with Gasteiger partial charge in [-0.1, -0.05) is 12.1 Å². The van der Waals surface area contributed by atoms with Crippen molar-refractivity contribution >= 4 is 12.0 Å². The summed E-state index contributed by atoms with van der Waals surface area (Å²) in [5.74, 6) is 1.82. The van der Waals surface area contributed by atoms with Crippen LogP contribution >= 0.6 is 0 Å². The summed E-state index contributed by atoms with van der Waals surface area (Å²) in [5.41, 5.74) is 3.62. The van der Waals surface area contributed by atoms with Crippen molar-refractivity contribution in [1.29, 1.82) is 0 Å². The van der Waals surface area contributed by atoms with Gasteiger partial charge in [0.2, 0.25) is 0 Å². The van der Waals surface area contributed by atoms with E-state index in [0.29, 0.717) is 30.0 Å². The Bertz CT molecular complexity index is 1550. The van der Waals surface area contributed by atoms with Gasteiger partial charge in [0.1, 0.15) is 5.82 Å². The van der Waals surface area contributed by atoms with E-state index in [1.165, 1.54) is 17.7 Å². The fourth-order valence-corrected chi connectivity index (χ4v) is 5.32. The normalized spacial score (nSPS) is 19.1. The van der Waals surface area contributed by atoms with Gasteiger partial charge in [-0.3, -0.25) is 14.4 Å². The standard InChI is InChI=1S/C32H34FN7O/c1-38-16-18-39(19-17-38)31-32(41)40(28-11-7-24(8-12-28)30-35-14-3-15-36-30)22-27(37-31)4-2-13-34-21-25-20-29(25)23-5-9-26(33)10-6-23/h3,5-12,14-15,21-22,25,29H,2,4,13,16-20H2,1H3/b34-21+/t25?,29-/m0/s1. The first kappa shape index (κ1) is 27.0. The smallest absolute Gasteiger partial charge is 0.298 e. The maximum atomic E-state index is 13.7. The molecular formula is C32H34FN7O. The first-order valence-corrected chi connectivity index (χ1v) is 14.2. The number of benzene rings is 2. The summed E-state index contributed by atoms with van der Waals surface area (Å²) in [5, 5.41) is 0. The quantitative estimate of drug-likeness (QED) is 0.227. The number of aryl methyl sites for hydroxylation is 1. The van der Waals surface area contributed by atoms with E-state index in [0.717, 1.165) is 62.4 Å². The lowest BCUT2D eigenvalue weighted by Crippen LogP contribution is -2.47. The number of aliphatic imine (C=N–C) groups is 1. The molecule has 0 bridgehead atoms. The van der Waals surface area contributed by atoms with Crippen LogP contribution in [-0.4, -0.2) is 70.4 Å². The summed E-state index contributed by atoms with van der Waals surface area (Å²) in [6.07, 6.45) is 9.97. The van der Waals surface area contributed by atoms with E-state index in [2.05, 4.69) is 38.0 Å². The van der Waals surface area contributed by atoms with Gasteiger partial charge in [0, 0.05) is 74.7 Å². The minimum atomic E-state index is -0.200. The minimum Gasteiger partial charge on any atom is -0.349 e. The molecule has 2 fully saturated rings. The number of hydrogen-bond acceptors (Lipinski definition) is 7. The van der Waals surface area contributed by atoms with Crippen molar-refractivity contribution in [3.05, 3.63) is 101 Å². The molecule has 41 heavy (non-hydrogen) atoms. The topological polar surface area (TPSA) is 79.5 Å². The third kappa shape index (κ3) is 6.41. The SMILES string of the molecule is CN1CCN(c2nc(CCC/N=C/C3C[C@H]3c3ccc(F)cc3)cn(-c3ccc(-c4ncccn4)cc3)c2=O)CC1. The molecule has 2 aliphatic rings. The van der Waals surface area contributed by atoms with Gasteiger partial charge < -0.3 is 9.80 Å². The number of nitrogens with zero attached hydrogens (tertiary/aromatic N) is 7. The number of anilines is 1. The molecule has 0 N–H and O–H groups in total. The van der Waals surface area contributed by atoms with Crippen LogP contribution in [0.3, 0.4) is 0 Å². The Balaban J connectivity index is 1.16. The highest BCUT2D eigenvalue weighted by molar-refractivity contribution is 5.67. The van der Waals surface area contributed by atoms with Crippen molar-refractivity contribution in [2.75, 3.05) is 44.7 Å². The van der Waals surface area contributed by atoms with E-state index in [4.69, 9.17) is 4.98 Å². The Morgan fingerprint density at radius 1 is 1.00 bits per heavy atom. The maximum Gasteiger partial charge on any atom is 0.298 e. The second-order valence-corrected chi connectivity index (χ2v) is 10.9. The summed E-state index contributed by atoms with van der Waals surface area (Å²) in [6.45, 7) is 4.03. The van der Waals surface area contributed by atoms with Crippen LogP contribution in [0.5, 0.6) is 0 Å². The fraction of sp³-hybridized carbons (Fsp3) is 0.344. The molecule has 1 aliphatic carbocycles. The summed E-state index contributed by atoms with van der Waals surface area (Å²) in [7, 11) is 2.10. The second-order valence-electron chi connectivity index (χ2n) is 10.9. The van der Waals surface area contributed by atoms with Gasteiger partial charge in [-0.05, 0) is 80.3 Å². The van der Waals surface area contributed by atoms with Crippen molar-refractivity contribution in [3.8, 4) is 17.1 Å². The molecule has 6 rings (SSSR count). The lowest BCUT2D eigenvalue weighted by atomic mass is 10.1. The minimum absolute atomic E-state index is 0.111. The zero-order valence-electron chi connectivity index (χ0n) is 23.2. The number of aromatic nitrogens is 4. The number of rotatable bonds is 9. The van der Waals surface area contributed by atoms with Crippen molar-refractivity contribution in [3.63, 3.8) is 0 Å². The van der Waals surface area contributed by atoms with Crippen LogP contribution in [0.15, 0.2) is 83.0 Å². The average molecular weight is 552 g/mol. The molecule has 0 amide bonds. The van der Waals surface area contributed by atoms with Crippen LogP contribution in [0.1, 0.15) is 30.0 Å². The molecule has 1 saturated heterocycles. The highest BCUT2D eigenvalue weighted by atomic mass is 19.1. The van der Waals surface area contributed by atoms with Gasteiger partial charge in [0.25, 0.3) is 5.56 Å². The molecule has 2 atom stereocenters. The predicted molar refractivity (Wildman–Crippen MR) is 159 cm³/mol.